The summed E-state index contributed by atoms with van der Waals surface area (Å²) in [6.45, 7) is 2.83. The van der Waals surface area contributed by atoms with Gasteiger partial charge in [-0.3, -0.25) is 4.79 Å². The molecule has 1 N–H and O–H groups in total. The zero-order chi connectivity index (χ0) is 13.8. The van der Waals surface area contributed by atoms with E-state index >= 15 is 0 Å². The van der Waals surface area contributed by atoms with Crippen LogP contribution >= 0.6 is 34.5 Å². The fourth-order valence-electron chi connectivity index (χ4n) is 1.84. The molecule has 0 saturated heterocycles. The summed E-state index contributed by atoms with van der Waals surface area (Å²) in [5.41, 5.74) is 0. The van der Waals surface area contributed by atoms with Crippen LogP contribution in [0, 0.1) is 0 Å². The molecule has 0 bridgehead atoms. The van der Waals surface area contributed by atoms with Crippen molar-refractivity contribution >= 4 is 50.5 Å². The van der Waals surface area contributed by atoms with Crippen LogP contribution in [-0.2, 0) is 0 Å². The van der Waals surface area contributed by atoms with E-state index in [2.05, 4.69) is 12.2 Å². The quantitative estimate of drug-likeness (QED) is 0.761. The fourth-order valence-corrected chi connectivity index (χ4v) is 3.55. The van der Waals surface area contributed by atoms with Gasteiger partial charge in [-0.2, -0.15) is 0 Å². The molecule has 1 aromatic carbocycles. The highest BCUT2D eigenvalue weighted by atomic mass is 35.5. The highest BCUT2D eigenvalue weighted by Crippen LogP contribution is 2.36. The van der Waals surface area contributed by atoms with Crippen molar-refractivity contribution in [3.05, 3.63) is 33.1 Å². The van der Waals surface area contributed by atoms with Crippen molar-refractivity contribution in [1.82, 2.24) is 5.32 Å². The SMILES string of the molecule is CCCCCNC(=O)c1sc2cc(Cl)ccc2c1Cl. The van der Waals surface area contributed by atoms with Crippen molar-refractivity contribution in [3.63, 3.8) is 0 Å². The number of hydrogen-bond donors (Lipinski definition) is 1. The van der Waals surface area contributed by atoms with E-state index in [0.29, 0.717) is 21.5 Å². The number of fused-ring (bicyclic) bond motifs is 1. The Kier molecular flexibility index (Phi) is 5.08. The van der Waals surface area contributed by atoms with E-state index in [9.17, 15) is 4.79 Å². The van der Waals surface area contributed by atoms with Crippen LogP contribution in [0.15, 0.2) is 18.2 Å². The smallest absolute Gasteiger partial charge is 0.262 e. The molecule has 1 amide bonds. The number of hydrogen-bond acceptors (Lipinski definition) is 2. The fraction of sp³-hybridized carbons (Fsp3) is 0.357. The van der Waals surface area contributed by atoms with Gasteiger partial charge in [-0.25, -0.2) is 0 Å². The van der Waals surface area contributed by atoms with Crippen molar-refractivity contribution in [1.29, 1.82) is 0 Å². The van der Waals surface area contributed by atoms with Crippen molar-refractivity contribution < 1.29 is 4.79 Å². The van der Waals surface area contributed by atoms with Gasteiger partial charge in [-0.15, -0.1) is 11.3 Å². The Morgan fingerprint density at radius 2 is 2.11 bits per heavy atom. The van der Waals surface area contributed by atoms with Crippen LogP contribution in [0.2, 0.25) is 10.0 Å². The van der Waals surface area contributed by atoms with E-state index in [1.165, 1.54) is 11.3 Å². The number of unbranched alkanes of at least 4 members (excludes halogenated alkanes) is 2. The Hall–Kier alpha value is -0.770. The van der Waals surface area contributed by atoms with Crippen LogP contribution in [0.3, 0.4) is 0 Å². The van der Waals surface area contributed by atoms with Gasteiger partial charge < -0.3 is 5.32 Å². The molecule has 102 valence electrons. The van der Waals surface area contributed by atoms with Gasteiger partial charge in [0.05, 0.1) is 5.02 Å². The lowest BCUT2D eigenvalue weighted by molar-refractivity contribution is 0.0957. The number of nitrogens with one attached hydrogen (secondary N) is 1. The average Bonchev–Trinajstić information content (AvgIpc) is 2.71. The van der Waals surface area contributed by atoms with Gasteiger partial charge in [0.15, 0.2) is 0 Å². The van der Waals surface area contributed by atoms with Crippen LogP contribution in [0.5, 0.6) is 0 Å². The highest BCUT2D eigenvalue weighted by Gasteiger charge is 2.16. The van der Waals surface area contributed by atoms with Gasteiger partial charge in [0, 0.05) is 21.7 Å². The molecule has 2 rings (SSSR count). The molecule has 1 aromatic heterocycles. The molecule has 0 aliphatic carbocycles. The third-order valence-corrected chi connectivity index (χ3v) is 4.75. The van der Waals surface area contributed by atoms with Gasteiger partial charge in [-0.05, 0) is 18.6 Å². The third-order valence-electron chi connectivity index (χ3n) is 2.86. The van der Waals surface area contributed by atoms with Gasteiger partial charge >= 0.3 is 0 Å². The minimum Gasteiger partial charge on any atom is -0.351 e. The number of amides is 1. The third kappa shape index (κ3) is 3.41. The molecule has 0 atom stereocenters. The molecule has 0 aliphatic rings. The molecule has 1 heterocycles. The van der Waals surface area contributed by atoms with Gasteiger partial charge in [0.1, 0.15) is 4.88 Å². The van der Waals surface area contributed by atoms with Crippen molar-refractivity contribution in [2.45, 2.75) is 26.2 Å². The standard InChI is InChI=1S/C14H15Cl2NOS/c1-2-3-4-7-17-14(18)13-12(16)10-6-5-9(15)8-11(10)19-13/h5-6,8H,2-4,7H2,1H3,(H,17,18). The number of carbonyl (C=O) groups excluding carboxylic acids is 1. The van der Waals surface area contributed by atoms with E-state index in [-0.39, 0.29) is 5.91 Å². The number of rotatable bonds is 5. The van der Waals surface area contributed by atoms with E-state index in [1.807, 2.05) is 12.1 Å². The second-order valence-electron chi connectivity index (χ2n) is 4.35. The lowest BCUT2D eigenvalue weighted by atomic mass is 10.2. The van der Waals surface area contributed by atoms with Gasteiger partial charge in [-0.1, -0.05) is 49.0 Å². The van der Waals surface area contributed by atoms with Crippen LogP contribution in [0.4, 0.5) is 0 Å². The molecule has 2 aromatic rings. The lowest BCUT2D eigenvalue weighted by Gasteiger charge is -2.02. The van der Waals surface area contributed by atoms with Crippen LogP contribution in [-0.4, -0.2) is 12.5 Å². The van der Waals surface area contributed by atoms with Crippen molar-refractivity contribution in [2.24, 2.45) is 0 Å². The van der Waals surface area contributed by atoms with E-state index in [4.69, 9.17) is 23.2 Å². The Balaban J connectivity index is 2.15. The van der Waals surface area contributed by atoms with Gasteiger partial charge in [0.2, 0.25) is 0 Å². The molecule has 0 aliphatic heterocycles. The topological polar surface area (TPSA) is 29.1 Å². The number of carbonyl (C=O) groups is 1. The Morgan fingerprint density at radius 1 is 1.32 bits per heavy atom. The maximum absolute atomic E-state index is 12.1. The van der Waals surface area contributed by atoms with Crippen LogP contribution in [0.1, 0.15) is 35.9 Å². The lowest BCUT2D eigenvalue weighted by Crippen LogP contribution is -2.23. The zero-order valence-corrected chi connectivity index (χ0v) is 13.0. The number of halogens is 2. The Labute approximate surface area is 126 Å². The summed E-state index contributed by atoms with van der Waals surface area (Å²) in [6.07, 6.45) is 3.25. The first-order valence-corrected chi connectivity index (χ1v) is 7.86. The largest absolute Gasteiger partial charge is 0.351 e. The first kappa shape index (κ1) is 14.6. The molecular formula is C14H15Cl2NOS. The Morgan fingerprint density at radius 3 is 2.84 bits per heavy atom. The Bertz CT molecular complexity index is 594. The molecular weight excluding hydrogens is 301 g/mol. The molecule has 0 unspecified atom stereocenters. The first-order valence-electron chi connectivity index (χ1n) is 6.29. The molecule has 0 radical (unpaired) electrons. The molecule has 0 fully saturated rings. The summed E-state index contributed by atoms with van der Waals surface area (Å²) in [7, 11) is 0. The normalized spacial score (nSPS) is 10.9. The summed E-state index contributed by atoms with van der Waals surface area (Å²) < 4.78 is 0.941. The summed E-state index contributed by atoms with van der Waals surface area (Å²) in [5.74, 6) is -0.0987. The summed E-state index contributed by atoms with van der Waals surface area (Å²) >= 11 is 13.6. The maximum atomic E-state index is 12.1. The summed E-state index contributed by atoms with van der Waals surface area (Å²) in [6, 6.07) is 5.47. The molecule has 2 nitrogen and oxygen atoms in total. The maximum Gasteiger partial charge on any atom is 0.262 e. The van der Waals surface area contributed by atoms with Crippen molar-refractivity contribution in [2.75, 3.05) is 6.54 Å². The molecule has 0 spiro atoms. The number of thiophene rings is 1. The second kappa shape index (κ2) is 6.60. The second-order valence-corrected chi connectivity index (χ2v) is 6.22. The monoisotopic (exact) mass is 315 g/mol. The predicted molar refractivity (Wildman–Crippen MR) is 83.7 cm³/mol. The van der Waals surface area contributed by atoms with E-state index in [0.717, 1.165) is 29.3 Å². The zero-order valence-electron chi connectivity index (χ0n) is 10.6. The van der Waals surface area contributed by atoms with E-state index < -0.39 is 0 Å². The van der Waals surface area contributed by atoms with Crippen LogP contribution < -0.4 is 5.32 Å². The van der Waals surface area contributed by atoms with Gasteiger partial charge in [0.25, 0.3) is 5.91 Å². The molecule has 0 saturated carbocycles. The molecule has 5 heteroatoms. The minimum absolute atomic E-state index is 0.0987. The summed E-state index contributed by atoms with van der Waals surface area (Å²) in [5, 5.41) is 4.96. The van der Waals surface area contributed by atoms with Crippen LogP contribution in [0.25, 0.3) is 10.1 Å². The highest BCUT2D eigenvalue weighted by molar-refractivity contribution is 7.21. The minimum atomic E-state index is -0.0987. The average molecular weight is 316 g/mol. The predicted octanol–water partition coefficient (Wildman–Crippen LogP) is 5.13. The first-order chi connectivity index (χ1) is 9.13. The number of benzene rings is 1. The molecule has 19 heavy (non-hydrogen) atoms. The van der Waals surface area contributed by atoms with Crippen molar-refractivity contribution in [3.8, 4) is 0 Å². The van der Waals surface area contributed by atoms with E-state index in [1.54, 1.807) is 6.07 Å². The summed E-state index contributed by atoms with van der Waals surface area (Å²) in [4.78, 5) is 12.6.